The number of anilines is 1. The van der Waals surface area contributed by atoms with Crippen molar-refractivity contribution in [3.05, 3.63) is 59.7 Å². The summed E-state index contributed by atoms with van der Waals surface area (Å²) in [7, 11) is -3.97. The van der Waals surface area contributed by atoms with Crippen molar-refractivity contribution in [2.75, 3.05) is 11.9 Å². The van der Waals surface area contributed by atoms with Gasteiger partial charge in [0.05, 0.1) is 5.56 Å². The van der Waals surface area contributed by atoms with Crippen molar-refractivity contribution in [1.29, 1.82) is 0 Å². The van der Waals surface area contributed by atoms with Crippen LogP contribution in [0.1, 0.15) is 15.9 Å². The van der Waals surface area contributed by atoms with Gasteiger partial charge in [-0.05, 0) is 36.8 Å². The Labute approximate surface area is 133 Å². The number of aryl methyl sites for hydroxylation is 1. The summed E-state index contributed by atoms with van der Waals surface area (Å²) >= 11 is 0. The van der Waals surface area contributed by atoms with Crippen molar-refractivity contribution in [3.8, 4) is 0 Å². The van der Waals surface area contributed by atoms with Crippen LogP contribution in [0.3, 0.4) is 0 Å². The minimum absolute atomic E-state index is 0.0617. The maximum Gasteiger partial charge on any atom is 0.269 e. The first kappa shape index (κ1) is 15.2. The van der Waals surface area contributed by atoms with Gasteiger partial charge in [0.2, 0.25) is 5.91 Å². The highest BCUT2D eigenvalue weighted by molar-refractivity contribution is 7.90. The van der Waals surface area contributed by atoms with Crippen molar-refractivity contribution in [3.63, 3.8) is 0 Å². The molecule has 2 amide bonds. The third kappa shape index (κ3) is 2.70. The summed E-state index contributed by atoms with van der Waals surface area (Å²) < 4.78 is 25.3. The molecule has 23 heavy (non-hydrogen) atoms. The van der Waals surface area contributed by atoms with E-state index in [1.807, 2.05) is 13.0 Å². The fourth-order valence-corrected chi connectivity index (χ4v) is 3.97. The molecule has 1 heterocycles. The first-order valence-corrected chi connectivity index (χ1v) is 8.36. The highest BCUT2D eigenvalue weighted by atomic mass is 32.2. The van der Waals surface area contributed by atoms with Crippen molar-refractivity contribution in [2.24, 2.45) is 0 Å². The van der Waals surface area contributed by atoms with Crippen LogP contribution in [0.25, 0.3) is 0 Å². The quantitative estimate of drug-likeness (QED) is 0.930. The fraction of sp³-hybridized carbons (Fsp3) is 0.125. The minimum Gasteiger partial charge on any atom is -0.325 e. The number of benzene rings is 2. The maximum atomic E-state index is 12.4. The van der Waals surface area contributed by atoms with Gasteiger partial charge < -0.3 is 5.32 Å². The number of carbonyl (C=O) groups excluding carboxylic acids is 2. The van der Waals surface area contributed by atoms with Gasteiger partial charge in [-0.1, -0.05) is 24.3 Å². The highest BCUT2D eigenvalue weighted by Crippen LogP contribution is 2.29. The summed E-state index contributed by atoms with van der Waals surface area (Å²) in [5, 5.41) is 2.60. The van der Waals surface area contributed by atoms with Crippen LogP contribution in [-0.4, -0.2) is 31.1 Å². The second-order valence-electron chi connectivity index (χ2n) is 5.23. The molecule has 2 aromatic rings. The molecule has 0 bridgehead atoms. The third-order valence-electron chi connectivity index (χ3n) is 3.50. The number of nitrogens with zero attached hydrogens (tertiary/aromatic N) is 1. The summed E-state index contributed by atoms with van der Waals surface area (Å²) in [6.07, 6.45) is 0. The summed E-state index contributed by atoms with van der Waals surface area (Å²) in [6, 6.07) is 13.0. The summed E-state index contributed by atoms with van der Waals surface area (Å²) in [5.74, 6) is -1.25. The number of hydrogen-bond acceptors (Lipinski definition) is 4. The molecule has 7 heteroatoms. The Bertz CT molecular complexity index is 906. The first-order valence-electron chi connectivity index (χ1n) is 6.92. The summed E-state index contributed by atoms with van der Waals surface area (Å²) in [5.41, 5.74) is 1.60. The predicted molar refractivity (Wildman–Crippen MR) is 84.5 cm³/mol. The molecule has 1 N–H and O–H groups in total. The number of fused-ring (bicyclic) bond motifs is 1. The molecule has 6 nitrogen and oxygen atoms in total. The SMILES string of the molecule is Cc1cccc(NC(=O)CN2C(=O)c3ccccc3S2(=O)=O)c1. The van der Waals surface area contributed by atoms with E-state index in [-0.39, 0.29) is 10.5 Å². The Hall–Kier alpha value is -2.67. The van der Waals surface area contributed by atoms with E-state index >= 15 is 0 Å². The highest BCUT2D eigenvalue weighted by Gasteiger charge is 2.41. The Morgan fingerprint density at radius 3 is 2.57 bits per heavy atom. The average molecular weight is 330 g/mol. The molecule has 0 unspecified atom stereocenters. The standard InChI is InChI=1S/C16H14N2O4S/c1-11-5-4-6-12(9-11)17-15(19)10-18-16(20)13-7-2-3-8-14(13)23(18,21)22/h2-9H,10H2,1H3,(H,17,19). The number of sulfonamides is 1. The van der Waals surface area contributed by atoms with E-state index in [0.29, 0.717) is 9.99 Å². The van der Waals surface area contributed by atoms with Gasteiger partial charge >= 0.3 is 0 Å². The first-order chi connectivity index (χ1) is 10.9. The molecule has 3 rings (SSSR count). The predicted octanol–water partition coefficient (Wildman–Crippen LogP) is 1.78. The van der Waals surface area contributed by atoms with Gasteiger partial charge in [-0.2, -0.15) is 0 Å². The average Bonchev–Trinajstić information content (AvgIpc) is 2.69. The summed E-state index contributed by atoms with van der Waals surface area (Å²) in [6.45, 7) is 1.32. The van der Waals surface area contributed by atoms with Crippen molar-refractivity contribution in [2.45, 2.75) is 11.8 Å². The van der Waals surface area contributed by atoms with Crippen LogP contribution >= 0.6 is 0 Å². The zero-order chi connectivity index (χ0) is 16.6. The van der Waals surface area contributed by atoms with E-state index in [4.69, 9.17) is 0 Å². The maximum absolute atomic E-state index is 12.4. The lowest BCUT2D eigenvalue weighted by Gasteiger charge is -2.15. The van der Waals surface area contributed by atoms with E-state index in [0.717, 1.165) is 5.56 Å². The minimum atomic E-state index is -3.97. The zero-order valence-electron chi connectivity index (χ0n) is 12.3. The molecular weight excluding hydrogens is 316 g/mol. The molecule has 2 aromatic carbocycles. The van der Waals surface area contributed by atoms with Gasteiger partial charge in [-0.3, -0.25) is 9.59 Å². The Morgan fingerprint density at radius 1 is 1.13 bits per heavy atom. The lowest BCUT2D eigenvalue weighted by atomic mass is 10.2. The van der Waals surface area contributed by atoms with Crippen molar-refractivity contribution < 1.29 is 18.0 Å². The van der Waals surface area contributed by atoms with Crippen LogP contribution in [0.5, 0.6) is 0 Å². The van der Waals surface area contributed by atoms with Gasteiger partial charge in [0.1, 0.15) is 11.4 Å². The number of amides is 2. The molecule has 118 valence electrons. The molecule has 0 aliphatic carbocycles. The second-order valence-corrected chi connectivity index (χ2v) is 7.06. The molecule has 0 saturated carbocycles. The lowest BCUT2D eigenvalue weighted by Crippen LogP contribution is -2.37. The van der Waals surface area contributed by atoms with Crippen LogP contribution in [-0.2, 0) is 14.8 Å². The Kier molecular flexibility index (Phi) is 3.65. The molecule has 0 aromatic heterocycles. The van der Waals surface area contributed by atoms with Crippen LogP contribution < -0.4 is 5.32 Å². The second kappa shape index (κ2) is 5.51. The number of carbonyl (C=O) groups is 2. The van der Waals surface area contributed by atoms with E-state index in [1.165, 1.54) is 12.1 Å². The van der Waals surface area contributed by atoms with Crippen LogP contribution in [0.4, 0.5) is 5.69 Å². The Balaban J connectivity index is 1.81. The smallest absolute Gasteiger partial charge is 0.269 e. The molecule has 0 radical (unpaired) electrons. The molecule has 0 fully saturated rings. The van der Waals surface area contributed by atoms with Crippen LogP contribution in [0, 0.1) is 6.92 Å². The van der Waals surface area contributed by atoms with Gasteiger partial charge in [-0.15, -0.1) is 0 Å². The summed E-state index contributed by atoms with van der Waals surface area (Å²) in [4.78, 5) is 24.3. The normalized spacial score (nSPS) is 15.3. The molecular formula is C16H14N2O4S. The molecule has 1 aliphatic heterocycles. The lowest BCUT2D eigenvalue weighted by molar-refractivity contribution is -0.116. The van der Waals surface area contributed by atoms with Gasteiger partial charge in [-0.25, -0.2) is 12.7 Å². The van der Waals surface area contributed by atoms with E-state index < -0.39 is 28.4 Å². The fourth-order valence-electron chi connectivity index (χ4n) is 2.44. The largest absolute Gasteiger partial charge is 0.325 e. The van der Waals surface area contributed by atoms with Crippen LogP contribution in [0.2, 0.25) is 0 Å². The van der Waals surface area contributed by atoms with Crippen molar-refractivity contribution in [1.82, 2.24) is 4.31 Å². The van der Waals surface area contributed by atoms with E-state index in [9.17, 15) is 18.0 Å². The van der Waals surface area contributed by atoms with E-state index in [1.54, 1.807) is 30.3 Å². The molecule has 1 aliphatic rings. The van der Waals surface area contributed by atoms with Gasteiger partial charge in [0.15, 0.2) is 0 Å². The number of nitrogens with one attached hydrogen (secondary N) is 1. The number of hydrogen-bond donors (Lipinski definition) is 1. The third-order valence-corrected chi connectivity index (χ3v) is 5.29. The zero-order valence-corrected chi connectivity index (χ0v) is 13.1. The molecule has 0 spiro atoms. The Morgan fingerprint density at radius 2 is 1.87 bits per heavy atom. The monoisotopic (exact) mass is 330 g/mol. The van der Waals surface area contributed by atoms with Crippen molar-refractivity contribution >= 4 is 27.5 Å². The van der Waals surface area contributed by atoms with Gasteiger partial charge in [0.25, 0.3) is 15.9 Å². The topological polar surface area (TPSA) is 83.6 Å². The molecule has 0 saturated heterocycles. The van der Waals surface area contributed by atoms with Crippen LogP contribution in [0.15, 0.2) is 53.4 Å². The van der Waals surface area contributed by atoms with E-state index in [2.05, 4.69) is 5.32 Å². The number of rotatable bonds is 3. The molecule has 0 atom stereocenters. The van der Waals surface area contributed by atoms with Gasteiger partial charge in [0, 0.05) is 5.69 Å².